The van der Waals surface area contributed by atoms with Crippen molar-refractivity contribution in [3.63, 3.8) is 0 Å². The summed E-state index contributed by atoms with van der Waals surface area (Å²) in [6.45, 7) is 2.70. The molecule has 0 unspecified atom stereocenters. The largest absolute Gasteiger partial charge is 0.447 e. The second-order valence-electron chi connectivity index (χ2n) is 4.78. The fourth-order valence-electron chi connectivity index (χ4n) is 2.26. The molecule has 2 aromatic rings. The molecule has 1 aromatic heterocycles. The van der Waals surface area contributed by atoms with Crippen molar-refractivity contribution in [1.29, 1.82) is 0 Å². The highest BCUT2D eigenvalue weighted by Crippen LogP contribution is 2.25. The maximum absolute atomic E-state index is 14.2. The zero-order chi connectivity index (χ0) is 15.5. The smallest absolute Gasteiger partial charge is 0.414 e. The molecular weight excluding hydrogens is 287 g/mol. The molecule has 0 spiro atoms. The average molecular weight is 302 g/mol. The monoisotopic (exact) mass is 302 g/mol. The van der Waals surface area contributed by atoms with Crippen LogP contribution in [0.5, 0.6) is 0 Å². The highest BCUT2D eigenvalue weighted by Gasteiger charge is 2.23. The summed E-state index contributed by atoms with van der Waals surface area (Å²) in [4.78, 5) is 20.9. The van der Waals surface area contributed by atoms with Crippen molar-refractivity contribution >= 4 is 23.3 Å². The molecule has 1 aliphatic heterocycles. The van der Waals surface area contributed by atoms with Gasteiger partial charge in [-0.15, -0.1) is 0 Å². The Morgan fingerprint density at radius 2 is 2.27 bits per heavy atom. The molecule has 1 fully saturated rings. The predicted octanol–water partition coefficient (Wildman–Crippen LogP) is 2.88. The zero-order valence-electron chi connectivity index (χ0n) is 12.0. The highest BCUT2D eigenvalue weighted by molar-refractivity contribution is 5.90. The van der Waals surface area contributed by atoms with Crippen LogP contribution in [0.1, 0.15) is 12.6 Å². The van der Waals surface area contributed by atoms with Crippen molar-refractivity contribution in [2.45, 2.75) is 13.3 Å². The van der Waals surface area contributed by atoms with Gasteiger partial charge in [0.25, 0.3) is 0 Å². The molecule has 1 N–H and O–H groups in total. The van der Waals surface area contributed by atoms with Crippen LogP contribution in [0.3, 0.4) is 0 Å². The fourth-order valence-corrected chi connectivity index (χ4v) is 2.26. The number of ether oxygens (including phenoxy) is 1. The normalized spacial score (nSPS) is 14.1. The molecule has 2 heterocycles. The second-order valence-corrected chi connectivity index (χ2v) is 4.78. The fraction of sp³-hybridized carbons (Fsp3) is 0.267. The van der Waals surface area contributed by atoms with Crippen LogP contribution in [0.25, 0.3) is 0 Å². The molecule has 6 nitrogen and oxygen atoms in total. The first-order chi connectivity index (χ1) is 10.7. The Hall–Kier alpha value is -2.70. The number of aryl methyl sites for hydroxylation is 1. The molecule has 0 bridgehead atoms. The lowest BCUT2D eigenvalue weighted by molar-refractivity contribution is 0.181. The number of hydrogen-bond donors (Lipinski definition) is 1. The van der Waals surface area contributed by atoms with Gasteiger partial charge in [0.1, 0.15) is 12.9 Å². The Morgan fingerprint density at radius 1 is 1.41 bits per heavy atom. The van der Waals surface area contributed by atoms with Gasteiger partial charge in [-0.2, -0.15) is 0 Å². The van der Waals surface area contributed by atoms with Gasteiger partial charge in [-0.1, -0.05) is 13.0 Å². The summed E-state index contributed by atoms with van der Waals surface area (Å²) in [6, 6.07) is 7.10. The molecule has 1 aliphatic rings. The van der Waals surface area contributed by atoms with E-state index in [2.05, 4.69) is 15.3 Å². The van der Waals surface area contributed by atoms with E-state index >= 15 is 0 Å². The van der Waals surface area contributed by atoms with E-state index < -0.39 is 5.82 Å². The molecule has 0 atom stereocenters. The number of amides is 1. The number of aromatic nitrogens is 2. The Bertz CT molecular complexity index is 708. The third-order valence-corrected chi connectivity index (χ3v) is 3.38. The lowest BCUT2D eigenvalue weighted by Gasteiger charge is -2.14. The standard InChI is InChI=1S/C15H15FN4O2/c1-2-12-13(16)14(18-9-17-12)19-10-4-3-5-11(8-10)20-6-7-22-15(20)21/h3-5,8-9H,2,6-7H2,1H3,(H,17,18,19). The lowest BCUT2D eigenvalue weighted by Crippen LogP contribution is -2.23. The molecule has 0 aliphatic carbocycles. The van der Waals surface area contributed by atoms with E-state index in [4.69, 9.17) is 4.74 Å². The predicted molar refractivity (Wildman–Crippen MR) is 79.8 cm³/mol. The van der Waals surface area contributed by atoms with Gasteiger partial charge in [-0.25, -0.2) is 19.2 Å². The third kappa shape index (κ3) is 2.69. The van der Waals surface area contributed by atoms with Crippen molar-refractivity contribution < 1.29 is 13.9 Å². The topological polar surface area (TPSA) is 67.3 Å². The second kappa shape index (κ2) is 5.97. The van der Waals surface area contributed by atoms with E-state index in [1.165, 1.54) is 11.2 Å². The Kier molecular flexibility index (Phi) is 3.86. The average Bonchev–Trinajstić information content (AvgIpc) is 2.96. The molecule has 7 heteroatoms. The SMILES string of the molecule is CCc1ncnc(Nc2cccc(N3CCOC3=O)c2)c1F. The first-order valence-electron chi connectivity index (χ1n) is 6.99. The van der Waals surface area contributed by atoms with E-state index in [1.807, 2.05) is 6.92 Å². The number of carbonyl (C=O) groups is 1. The van der Waals surface area contributed by atoms with Crippen molar-refractivity contribution in [2.24, 2.45) is 0 Å². The van der Waals surface area contributed by atoms with Crippen molar-refractivity contribution in [2.75, 3.05) is 23.4 Å². The van der Waals surface area contributed by atoms with Gasteiger partial charge in [0.2, 0.25) is 0 Å². The van der Waals surface area contributed by atoms with Gasteiger partial charge in [0, 0.05) is 11.4 Å². The number of rotatable bonds is 4. The summed E-state index contributed by atoms with van der Waals surface area (Å²) in [7, 11) is 0. The number of benzene rings is 1. The van der Waals surface area contributed by atoms with E-state index in [-0.39, 0.29) is 11.9 Å². The number of anilines is 3. The molecule has 114 valence electrons. The molecule has 22 heavy (non-hydrogen) atoms. The lowest BCUT2D eigenvalue weighted by atomic mass is 10.2. The van der Waals surface area contributed by atoms with Gasteiger partial charge < -0.3 is 10.1 Å². The number of nitrogens with zero attached hydrogens (tertiary/aromatic N) is 3. The molecule has 0 saturated carbocycles. The van der Waals surface area contributed by atoms with E-state index in [0.29, 0.717) is 36.6 Å². The van der Waals surface area contributed by atoms with Gasteiger partial charge in [0.15, 0.2) is 11.6 Å². The number of hydrogen-bond acceptors (Lipinski definition) is 5. The molecule has 3 rings (SSSR count). The number of nitrogens with one attached hydrogen (secondary N) is 1. The minimum Gasteiger partial charge on any atom is -0.447 e. The zero-order valence-corrected chi connectivity index (χ0v) is 12.0. The van der Waals surface area contributed by atoms with E-state index in [0.717, 1.165) is 0 Å². The summed E-state index contributed by atoms with van der Waals surface area (Å²) in [6.07, 6.45) is 1.44. The van der Waals surface area contributed by atoms with Gasteiger partial charge >= 0.3 is 6.09 Å². The highest BCUT2D eigenvalue weighted by atomic mass is 19.1. The summed E-state index contributed by atoms with van der Waals surface area (Å²) < 4.78 is 19.1. The number of halogens is 1. The maximum atomic E-state index is 14.2. The van der Waals surface area contributed by atoms with Crippen molar-refractivity contribution in [3.8, 4) is 0 Å². The quantitative estimate of drug-likeness (QED) is 0.940. The van der Waals surface area contributed by atoms with Crippen molar-refractivity contribution in [1.82, 2.24) is 9.97 Å². The molecule has 1 amide bonds. The summed E-state index contributed by atoms with van der Waals surface area (Å²) in [5, 5.41) is 2.92. The number of cyclic esters (lactones) is 1. The van der Waals surface area contributed by atoms with Crippen LogP contribution in [0, 0.1) is 5.82 Å². The minimum absolute atomic E-state index is 0.119. The van der Waals surface area contributed by atoms with Gasteiger partial charge in [-0.05, 0) is 24.6 Å². The third-order valence-electron chi connectivity index (χ3n) is 3.38. The number of carbonyl (C=O) groups excluding carboxylic acids is 1. The first kappa shape index (κ1) is 14.2. The molecule has 1 saturated heterocycles. The van der Waals surface area contributed by atoms with Crippen LogP contribution >= 0.6 is 0 Å². The van der Waals surface area contributed by atoms with Gasteiger partial charge in [-0.3, -0.25) is 4.90 Å². The maximum Gasteiger partial charge on any atom is 0.414 e. The van der Waals surface area contributed by atoms with E-state index in [1.54, 1.807) is 24.3 Å². The van der Waals surface area contributed by atoms with Gasteiger partial charge in [0.05, 0.1) is 12.2 Å². The molecule has 1 aromatic carbocycles. The van der Waals surface area contributed by atoms with Crippen LogP contribution in [0.2, 0.25) is 0 Å². The van der Waals surface area contributed by atoms with Crippen molar-refractivity contribution in [3.05, 3.63) is 42.1 Å². The first-order valence-corrected chi connectivity index (χ1v) is 6.99. The summed E-state index contributed by atoms with van der Waals surface area (Å²) in [5.41, 5.74) is 1.69. The van der Waals surface area contributed by atoms with Crippen LogP contribution in [-0.4, -0.2) is 29.2 Å². The Balaban J connectivity index is 1.86. The van der Waals surface area contributed by atoms with Crippen LogP contribution in [0.15, 0.2) is 30.6 Å². The summed E-state index contributed by atoms with van der Waals surface area (Å²) >= 11 is 0. The van der Waals surface area contributed by atoms with Crippen LogP contribution < -0.4 is 10.2 Å². The molecule has 0 radical (unpaired) electrons. The Labute approximate surface area is 126 Å². The molecular formula is C15H15FN4O2. The minimum atomic E-state index is -0.462. The van der Waals surface area contributed by atoms with Crippen LogP contribution in [0.4, 0.5) is 26.4 Å². The Morgan fingerprint density at radius 3 is 3.00 bits per heavy atom. The summed E-state index contributed by atoms with van der Waals surface area (Å²) in [5.74, 6) is -0.344. The van der Waals surface area contributed by atoms with E-state index in [9.17, 15) is 9.18 Å². The van der Waals surface area contributed by atoms with Crippen LogP contribution in [-0.2, 0) is 11.2 Å².